The first-order valence-corrected chi connectivity index (χ1v) is 10.7. The summed E-state index contributed by atoms with van der Waals surface area (Å²) in [5.41, 5.74) is 0. The number of unbranched alkanes of at least 4 members (excludes halogenated alkanes) is 11. The Kier molecular flexibility index (Phi) is 19.4. The second-order valence-corrected chi connectivity index (χ2v) is 7.10. The van der Waals surface area contributed by atoms with Gasteiger partial charge in [-0.2, -0.15) is 0 Å². The molecule has 0 saturated heterocycles. The van der Waals surface area contributed by atoms with Crippen LogP contribution in [0.3, 0.4) is 0 Å². The minimum atomic E-state index is -0.678. The first-order chi connectivity index (χ1) is 12.7. The molecule has 0 unspecified atom stereocenters. The third-order valence-corrected chi connectivity index (χ3v) is 4.46. The molecule has 0 aromatic heterocycles. The highest BCUT2D eigenvalue weighted by Gasteiger charge is 2.00. The molecule has 1 amide bonds. The summed E-state index contributed by atoms with van der Waals surface area (Å²) in [6.07, 6.45) is 16.0. The number of rotatable bonds is 20. The summed E-state index contributed by atoms with van der Waals surface area (Å²) in [6.45, 7) is 4.08. The first-order valence-electron chi connectivity index (χ1n) is 10.7. The molecule has 0 fully saturated rings. The molecular formula is C21H41NO4. The topological polar surface area (TPSA) is 75.6 Å². The van der Waals surface area contributed by atoms with Crippen molar-refractivity contribution in [2.45, 2.75) is 103 Å². The van der Waals surface area contributed by atoms with Crippen LogP contribution in [0.4, 0.5) is 0 Å². The van der Waals surface area contributed by atoms with Crippen LogP contribution in [-0.4, -0.2) is 36.7 Å². The fourth-order valence-electron chi connectivity index (χ4n) is 2.93. The van der Waals surface area contributed by atoms with Crippen LogP contribution < -0.4 is 5.32 Å². The van der Waals surface area contributed by atoms with Crippen molar-refractivity contribution in [2.24, 2.45) is 0 Å². The van der Waals surface area contributed by atoms with E-state index in [-0.39, 0.29) is 5.91 Å². The Hall–Kier alpha value is -1.10. The number of carbonyl (C=O) groups is 2. The number of hydrogen-bond acceptors (Lipinski definition) is 3. The standard InChI is InChI=1S/C21H41NO4/c1-2-18-26-19-17-22-20(23)15-13-11-9-7-5-3-4-6-8-10-12-14-16-21(24)25/h2-19H2,1H3,(H,22,23)(H,24,25). The smallest absolute Gasteiger partial charge is 0.303 e. The van der Waals surface area contributed by atoms with Gasteiger partial charge in [-0.05, 0) is 19.3 Å². The average molecular weight is 372 g/mol. The van der Waals surface area contributed by atoms with Crippen LogP contribution in [0.1, 0.15) is 103 Å². The molecule has 0 bridgehead atoms. The Morgan fingerprint density at radius 1 is 0.731 bits per heavy atom. The number of aliphatic carboxylic acids is 1. The molecule has 0 aliphatic heterocycles. The van der Waals surface area contributed by atoms with E-state index >= 15 is 0 Å². The number of carboxylic acid groups (broad SMARTS) is 1. The molecule has 0 aromatic carbocycles. The molecule has 0 heterocycles. The first kappa shape index (κ1) is 24.9. The molecule has 0 radical (unpaired) electrons. The van der Waals surface area contributed by atoms with Crippen molar-refractivity contribution >= 4 is 11.9 Å². The molecule has 0 aliphatic rings. The van der Waals surface area contributed by atoms with Gasteiger partial charge >= 0.3 is 5.97 Å². The van der Waals surface area contributed by atoms with Crippen LogP contribution >= 0.6 is 0 Å². The van der Waals surface area contributed by atoms with Crippen LogP contribution in [-0.2, 0) is 14.3 Å². The van der Waals surface area contributed by atoms with Crippen LogP contribution in [0.25, 0.3) is 0 Å². The Morgan fingerprint density at radius 3 is 1.65 bits per heavy atom. The van der Waals surface area contributed by atoms with Crippen molar-refractivity contribution in [2.75, 3.05) is 19.8 Å². The van der Waals surface area contributed by atoms with Gasteiger partial charge in [-0.25, -0.2) is 0 Å². The lowest BCUT2D eigenvalue weighted by atomic mass is 10.0. The molecule has 0 atom stereocenters. The summed E-state index contributed by atoms with van der Waals surface area (Å²) in [6, 6.07) is 0. The minimum absolute atomic E-state index is 0.147. The van der Waals surface area contributed by atoms with E-state index in [1.54, 1.807) is 0 Å². The molecule has 0 aliphatic carbocycles. The van der Waals surface area contributed by atoms with Gasteiger partial charge in [0.2, 0.25) is 5.91 Å². The second kappa shape index (κ2) is 20.2. The molecular weight excluding hydrogens is 330 g/mol. The van der Waals surface area contributed by atoms with E-state index in [9.17, 15) is 9.59 Å². The Morgan fingerprint density at radius 2 is 1.19 bits per heavy atom. The van der Waals surface area contributed by atoms with Crippen molar-refractivity contribution < 1.29 is 19.4 Å². The lowest BCUT2D eigenvalue weighted by molar-refractivity contribution is -0.137. The van der Waals surface area contributed by atoms with E-state index in [1.807, 2.05) is 0 Å². The molecule has 2 N–H and O–H groups in total. The monoisotopic (exact) mass is 371 g/mol. The summed E-state index contributed by atoms with van der Waals surface area (Å²) in [5.74, 6) is -0.531. The highest BCUT2D eigenvalue weighted by Crippen LogP contribution is 2.12. The third kappa shape index (κ3) is 20.9. The van der Waals surface area contributed by atoms with E-state index < -0.39 is 5.97 Å². The second-order valence-electron chi connectivity index (χ2n) is 7.10. The van der Waals surface area contributed by atoms with E-state index in [0.29, 0.717) is 26.0 Å². The zero-order valence-corrected chi connectivity index (χ0v) is 16.9. The number of carboxylic acids is 1. The van der Waals surface area contributed by atoms with E-state index in [0.717, 1.165) is 38.7 Å². The number of ether oxygens (including phenoxy) is 1. The van der Waals surface area contributed by atoms with Gasteiger partial charge in [0.25, 0.3) is 0 Å². The minimum Gasteiger partial charge on any atom is -0.481 e. The highest BCUT2D eigenvalue weighted by molar-refractivity contribution is 5.75. The van der Waals surface area contributed by atoms with Gasteiger partial charge in [0.05, 0.1) is 6.61 Å². The lowest BCUT2D eigenvalue weighted by Crippen LogP contribution is -2.27. The zero-order valence-electron chi connectivity index (χ0n) is 16.9. The summed E-state index contributed by atoms with van der Waals surface area (Å²) >= 11 is 0. The number of hydrogen-bond donors (Lipinski definition) is 2. The number of amides is 1. The Labute approximate surface area is 160 Å². The normalized spacial score (nSPS) is 10.8. The van der Waals surface area contributed by atoms with Crippen molar-refractivity contribution in [1.82, 2.24) is 5.32 Å². The molecule has 0 aromatic rings. The fourth-order valence-corrected chi connectivity index (χ4v) is 2.93. The quantitative estimate of drug-likeness (QED) is 0.293. The fraction of sp³-hybridized carbons (Fsp3) is 0.905. The van der Waals surface area contributed by atoms with E-state index in [2.05, 4.69) is 12.2 Å². The molecule has 0 spiro atoms. The zero-order chi connectivity index (χ0) is 19.3. The van der Waals surface area contributed by atoms with Gasteiger partial charge in [-0.1, -0.05) is 71.1 Å². The predicted octanol–water partition coefficient (Wildman–Crippen LogP) is 5.08. The molecule has 154 valence electrons. The van der Waals surface area contributed by atoms with Crippen LogP contribution in [0.15, 0.2) is 0 Å². The van der Waals surface area contributed by atoms with Gasteiger partial charge in [-0.3, -0.25) is 9.59 Å². The SMILES string of the molecule is CCCOCCNC(=O)CCCCCCCCCCCCCCC(=O)O. The van der Waals surface area contributed by atoms with Gasteiger partial charge < -0.3 is 15.2 Å². The maximum Gasteiger partial charge on any atom is 0.303 e. The Bertz CT molecular complexity index is 334. The summed E-state index contributed by atoms with van der Waals surface area (Å²) in [5, 5.41) is 11.5. The largest absolute Gasteiger partial charge is 0.481 e. The van der Waals surface area contributed by atoms with E-state index in [4.69, 9.17) is 9.84 Å². The average Bonchev–Trinajstić information content (AvgIpc) is 2.61. The molecule has 26 heavy (non-hydrogen) atoms. The van der Waals surface area contributed by atoms with Crippen LogP contribution in [0, 0.1) is 0 Å². The van der Waals surface area contributed by atoms with Gasteiger partial charge in [0.1, 0.15) is 0 Å². The van der Waals surface area contributed by atoms with Crippen LogP contribution in [0.5, 0.6) is 0 Å². The highest BCUT2D eigenvalue weighted by atomic mass is 16.5. The number of nitrogens with one attached hydrogen (secondary N) is 1. The number of carbonyl (C=O) groups excluding carboxylic acids is 1. The summed E-state index contributed by atoms with van der Waals surface area (Å²) in [4.78, 5) is 22.0. The summed E-state index contributed by atoms with van der Waals surface area (Å²) in [7, 11) is 0. The molecule has 0 rings (SSSR count). The predicted molar refractivity (Wildman–Crippen MR) is 106 cm³/mol. The van der Waals surface area contributed by atoms with E-state index in [1.165, 1.54) is 51.4 Å². The maximum absolute atomic E-state index is 11.6. The molecule has 0 saturated carbocycles. The maximum atomic E-state index is 11.6. The third-order valence-electron chi connectivity index (χ3n) is 4.46. The van der Waals surface area contributed by atoms with Gasteiger partial charge in [-0.15, -0.1) is 0 Å². The lowest BCUT2D eigenvalue weighted by Gasteiger charge is -2.06. The van der Waals surface area contributed by atoms with Crippen molar-refractivity contribution in [3.8, 4) is 0 Å². The van der Waals surface area contributed by atoms with Gasteiger partial charge in [0.15, 0.2) is 0 Å². The van der Waals surface area contributed by atoms with Crippen LogP contribution in [0.2, 0.25) is 0 Å². The van der Waals surface area contributed by atoms with Crippen molar-refractivity contribution in [3.63, 3.8) is 0 Å². The van der Waals surface area contributed by atoms with Gasteiger partial charge in [0, 0.05) is 26.0 Å². The molecule has 5 heteroatoms. The van der Waals surface area contributed by atoms with Crippen molar-refractivity contribution in [3.05, 3.63) is 0 Å². The van der Waals surface area contributed by atoms with Crippen molar-refractivity contribution in [1.29, 1.82) is 0 Å². The Balaban J connectivity index is 3.12. The molecule has 5 nitrogen and oxygen atoms in total. The summed E-state index contributed by atoms with van der Waals surface area (Å²) < 4.78 is 5.33.